The zero-order valence-electron chi connectivity index (χ0n) is 11.8. The number of nitrogens with two attached hydrogens (primary N) is 1. The van der Waals surface area contributed by atoms with Gasteiger partial charge in [0.1, 0.15) is 0 Å². The molecule has 0 atom stereocenters. The SMILES string of the molecule is Cc1cc(C)nc(NC(N)=NCCc2ccccc2)n1. The van der Waals surface area contributed by atoms with Crippen LogP contribution in [0.3, 0.4) is 0 Å². The lowest BCUT2D eigenvalue weighted by molar-refractivity contribution is 0.962. The third kappa shape index (κ3) is 4.35. The lowest BCUT2D eigenvalue weighted by Gasteiger charge is -2.05. The first-order chi connectivity index (χ1) is 9.63. The van der Waals surface area contributed by atoms with Gasteiger partial charge in [0.25, 0.3) is 0 Å². The van der Waals surface area contributed by atoms with E-state index in [-0.39, 0.29) is 0 Å². The molecule has 5 nitrogen and oxygen atoms in total. The third-order valence-corrected chi connectivity index (χ3v) is 2.75. The van der Waals surface area contributed by atoms with Crippen LogP contribution in [0.1, 0.15) is 17.0 Å². The van der Waals surface area contributed by atoms with Gasteiger partial charge in [-0.05, 0) is 31.9 Å². The maximum absolute atomic E-state index is 5.83. The average Bonchev–Trinajstić information content (AvgIpc) is 2.38. The van der Waals surface area contributed by atoms with E-state index in [2.05, 4.69) is 32.4 Å². The van der Waals surface area contributed by atoms with Crippen molar-refractivity contribution in [3.63, 3.8) is 0 Å². The fourth-order valence-electron chi connectivity index (χ4n) is 1.89. The van der Waals surface area contributed by atoms with Gasteiger partial charge in [-0.1, -0.05) is 30.3 Å². The van der Waals surface area contributed by atoms with E-state index in [9.17, 15) is 0 Å². The molecule has 0 aliphatic heterocycles. The average molecular weight is 269 g/mol. The van der Waals surface area contributed by atoms with Crippen molar-refractivity contribution in [1.29, 1.82) is 0 Å². The van der Waals surface area contributed by atoms with Gasteiger partial charge in [-0.15, -0.1) is 0 Å². The smallest absolute Gasteiger partial charge is 0.229 e. The zero-order valence-corrected chi connectivity index (χ0v) is 11.8. The van der Waals surface area contributed by atoms with Gasteiger partial charge in [0.2, 0.25) is 5.95 Å². The van der Waals surface area contributed by atoms with Crippen LogP contribution in [0.25, 0.3) is 0 Å². The number of nitrogens with one attached hydrogen (secondary N) is 1. The van der Waals surface area contributed by atoms with Gasteiger partial charge in [0, 0.05) is 17.9 Å². The van der Waals surface area contributed by atoms with Crippen LogP contribution in [-0.2, 0) is 6.42 Å². The number of nitrogens with zero attached hydrogens (tertiary/aromatic N) is 3. The van der Waals surface area contributed by atoms with Crippen LogP contribution in [0.2, 0.25) is 0 Å². The Morgan fingerprint density at radius 2 is 1.80 bits per heavy atom. The van der Waals surface area contributed by atoms with Crippen LogP contribution in [0.5, 0.6) is 0 Å². The Morgan fingerprint density at radius 3 is 2.45 bits per heavy atom. The van der Waals surface area contributed by atoms with Crippen molar-refractivity contribution >= 4 is 11.9 Å². The Bertz CT molecular complexity index is 572. The highest BCUT2D eigenvalue weighted by Crippen LogP contribution is 2.03. The fraction of sp³-hybridized carbons (Fsp3) is 0.267. The molecule has 0 aliphatic carbocycles. The summed E-state index contributed by atoms with van der Waals surface area (Å²) in [5.41, 5.74) is 8.87. The maximum atomic E-state index is 5.83. The number of guanidine groups is 1. The predicted octanol–water partition coefficient (Wildman–Crippen LogP) is 2.06. The first kappa shape index (κ1) is 14.0. The van der Waals surface area contributed by atoms with Gasteiger partial charge >= 0.3 is 0 Å². The lowest BCUT2D eigenvalue weighted by Crippen LogP contribution is -2.24. The van der Waals surface area contributed by atoms with Gasteiger partial charge in [0.15, 0.2) is 5.96 Å². The van der Waals surface area contributed by atoms with E-state index in [0.717, 1.165) is 17.8 Å². The van der Waals surface area contributed by atoms with Gasteiger partial charge in [-0.25, -0.2) is 9.97 Å². The Kier molecular flexibility index (Phi) is 4.65. The highest BCUT2D eigenvalue weighted by molar-refractivity contribution is 5.90. The van der Waals surface area contributed by atoms with Crippen molar-refractivity contribution in [2.45, 2.75) is 20.3 Å². The number of aromatic nitrogens is 2. The molecule has 2 aromatic rings. The predicted molar refractivity (Wildman–Crippen MR) is 81.8 cm³/mol. The van der Waals surface area contributed by atoms with Gasteiger partial charge in [-0.2, -0.15) is 0 Å². The summed E-state index contributed by atoms with van der Waals surface area (Å²) in [6.07, 6.45) is 0.858. The molecule has 0 bridgehead atoms. The van der Waals surface area contributed by atoms with Crippen LogP contribution in [0.4, 0.5) is 5.95 Å². The van der Waals surface area contributed by atoms with Crippen LogP contribution in [0, 0.1) is 13.8 Å². The molecular weight excluding hydrogens is 250 g/mol. The summed E-state index contributed by atoms with van der Waals surface area (Å²) in [4.78, 5) is 12.8. The lowest BCUT2D eigenvalue weighted by atomic mass is 10.2. The molecule has 0 aliphatic rings. The number of aryl methyl sites for hydroxylation is 2. The van der Waals surface area contributed by atoms with Gasteiger partial charge in [-0.3, -0.25) is 10.3 Å². The van der Waals surface area contributed by atoms with Crippen molar-refractivity contribution in [2.24, 2.45) is 10.7 Å². The second-order valence-corrected chi connectivity index (χ2v) is 4.60. The number of rotatable bonds is 4. The summed E-state index contributed by atoms with van der Waals surface area (Å²) in [5.74, 6) is 0.828. The molecule has 1 aromatic carbocycles. The number of hydrogen-bond donors (Lipinski definition) is 2. The molecule has 0 unspecified atom stereocenters. The molecule has 1 aromatic heterocycles. The van der Waals surface area contributed by atoms with E-state index >= 15 is 0 Å². The molecule has 0 saturated heterocycles. The minimum absolute atomic E-state index is 0.339. The standard InChI is InChI=1S/C15H19N5/c1-11-10-12(2)19-15(18-11)20-14(16)17-9-8-13-6-4-3-5-7-13/h3-7,10H,8-9H2,1-2H3,(H3,16,17,18,19,20). The third-order valence-electron chi connectivity index (χ3n) is 2.75. The summed E-state index contributed by atoms with van der Waals surface area (Å²) >= 11 is 0. The van der Waals surface area contributed by atoms with E-state index in [0.29, 0.717) is 18.5 Å². The maximum Gasteiger partial charge on any atom is 0.229 e. The molecule has 0 amide bonds. The minimum Gasteiger partial charge on any atom is -0.370 e. The molecule has 2 rings (SSSR count). The van der Waals surface area contributed by atoms with E-state index < -0.39 is 0 Å². The van der Waals surface area contributed by atoms with Crippen molar-refractivity contribution in [1.82, 2.24) is 9.97 Å². The molecule has 0 spiro atoms. The summed E-state index contributed by atoms with van der Waals surface area (Å²) in [7, 11) is 0. The monoisotopic (exact) mass is 269 g/mol. The van der Waals surface area contributed by atoms with Crippen molar-refractivity contribution in [3.05, 3.63) is 53.3 Å². The van der Waals surface area contributed by atoms with Crippen molar-refractivity contribution in [3.8, 4) is 0 Å². The molecule has 20 heavy (non-hydrogen) atoms. The number of benzene rings is 1. The molecule has 104 valence electrons. The Balaban J connectivity index is 1.90. The van der Waals surface area contributed by atoms with Crippen molar-refractivity contribution in [2.75, 3.05) is 11.9 Å². The molecule has 0 saturated carbocycles. The Morgan fingerprint density at radius 1 is 1.15 bits per heavy atom. The Labute approximate surface area is 119 Å². The van der Waals surface area contributed by atoms with E-state index in [4.69, 9.17) is 5.73 Å². The highest BCUT2D eigenvalue weighted by atomic mass is 15.2. The molecule has 0 radical (unpaired) electrons. The quantitative estimate of drug-likeness (QED) is 0.658. The Hall–Kier alpha value is -2.43. The van der Waals surface area contributed by atoms with Gasteiger partial charge in [0.05, 0.1) is 0 Å². The first-order valence-corrected chi connectivity index (χ1v) is 6.56. The minimum atomic E-state index is 0.339. The molecular formula is C15H19N5. The van der Waals surface area contributed by atoms with E-state index in [1.165, 1.54) is 5.56 Å². The van der Waals surface area contributed by atoms with Crippen LogP contribution in [0.15, 0.2) is 41.4 Å². The normalized spacial score (nSPS) is 11.4. The van der Waals surface area contributed by atoms with Crippen molar-refractivity contribution < 1.29 is 0 Å². The zero-order chi connectivity index (χ0) is 14.4. The van der Waals surface area contributed by atoms with E-state index in [1.54, 1.807) is 0 Å². The molecule has 1 heterocycles. The number of hydrogen-bond acceptors (Lipinski definition) is 3. The molecule has 5 heteroatoms. The summed E-state index contributed by atoms with van der Waals surface area (Å²) < 4.78 is 0. The summed E-state index contributed by atoms with van der Waals surface area (Å²) in [6, 6.07) is 12.1. The van der Waals surface area contributed by atoms with Crippen LogP contribution in [-0.4, -0.2) is 22.5 Å². The summed E-state index contributed by atoms with van der Waals surface area (Å²) in [5, 5.41) is 2.92. The second kappa shape index (κ2) is 6.65. The second-order valence-electron chi connectivity index (χ2n) is 4.60. The van der Waals surface area contributed by atoms with Crippen LogP contribution >= 0.6 is 0 Å². The summed E-state index contributed by atoms with van der Waals surface area (Å²) in [6.45, 7) is 4.47. The number of aliphatic imine (C=N–C) groups is 1. The topological polar surface area (TPSA) is 76.2 Å². The highest BCUT2D eigenvalue weighted by Gasteiger charge is 2.00. The molecule has 3 N–H and O–H groups in total. The molecule has 0 fully saturated rings. The van der Waals surface area contributed by atoms with Crippen LogP contribution < -0.4 is 11.1 Å². The van der Waals surface area contributed by atoms with E-state index in [1.807, 2.05) is 38.1 Å². The first-order valence-electron chi connectivity index (χ1n) is 6.56. The fourth-order valence-corrected chi connectivity index (χ4v) is 1.89. The van der Waals surface area contributed by atoms with Gasteiger partial charge < -0.3 is 5.73 Å². The largest absolute Gasteiger partial charge is 0.370 e. The number of anilines is 1.